The molecule has 0 aliphatic carbocycles. The maximum atomic E-state index is 12.3. The first kappa shape index (κ1) is 17.4. The van der Waals surface area contributed by atoms with E-state index in [2.05, 4.69) is 20.6 Å². The van der Waals surface area contributed by atoms with Gasteiger partial charge in [-0.05, 0) is 49.2 Å². The van der Waals surface area contributed by atoms with Crippen molar-refractivity contribution in [2.75, 3.05) is 17.7 Å². The maximum absolute atomic E-state index is 12.3. The summed E-state index contributed by atoms with van der Waals surface area (Å²) in [4.78, 5) is 20.7. The summed E-state index contributed by atoms with van der Waals surface area (Å²) in [5.41, 5.74) is 4.10. The van der Waals surface area contributed by atoms with Crippen LogP contribution in [0.4, 0.5) is 17.2 Å². The zero-order valence-electron chi connectivity index (χ0n) is 14.9. The summed E-state index contributed by atoms with van der Waals surface area (Å²) >= 11 is 0. The number of aromatic nitrogens is 2. The van der Waals surface area contributed by atoms with E-state index in [0.717, 1.165) is 22.7 Å². The molecule has 0 atom stereocenters. The van der Waals surface area contributed by atoms with Crippen LogP contribution in [-0.2, 0) is 0 Å². The minimum atomic E-state index is -0.298. The van der Waals surface area contributed by atoms with Crippen molar-refractivity contribution < 1.29 is 9.53 Å². The number of carbonyl (C=O) groups excluding carboxylic acids is 1. The molecule has 1 aromatic heterocycles. The summed E-state index contributed by atoms with van der Waals surface area (Å²) in [6, 6.07) is 13.2. The highest BCUT2D eigenvalue weighted by molar-refractivity contribution is 6.02. The topological polar surface area (TPSA) is 76.1 Å². The second-order valence-corrected chi connectivity index (χ2v) is 5.90. The summed E-state index contributed by atoms with van der Waals surface area (Å²) in [5.74, 6) is 0.988. The van der Waals surface area contributed by atoms with Gasteiger partial charge in [0.25, 0.3) is 5.91 Å². The minimum absolute atomic E-state index is 0.249. The van der Waals surface area contributed by atoms with E-state index in [-0.39, 0.29) is 11.6 Å². The van der Waals surface area contributed by atoms with Crippen LogP contribution in [0.1, 0.15) is 21.6 Å². The van der Waals surface area contributed by atoms with Gasteiger partial charge in [0.2, 0.25) is 0 Å². The van der Waals surface area contributed by atoms with E-state index < -0.39 is 0 Å². The molecule has 1 amide bonds. The lowest BCUT2D eigenvalue weighted by Gasteiger charge is -2.09. The summed E-state index contributed by atoms with van der Waals surface area (Å²) in [6.45, 7) is 4.03. The van der Waals surface area contributed by atoms with Crippen molar-refractivity contribution in [3.63, 3.8) is 0 Å². The maximum Gasteiger partial charge on any atom is 0.275 e. The van der Waals surface area contributed by atoms with Gasteiger partial charge in [-0.15, -0.1) is 0 Å². The van der Waals surface area contributed by atoms with Crippen molar-refractivity contribution in [2.45, 2.75) is 13.8 Å². The molecule has 0 saturated carbocycles. The Kier molecular flexibility index (Phi) is 5.12. The molecule has 0 bridgehead atoms. The number of benzene rings is 2. The van der Waals surface area contributed by atoms with Crippen LogP contribution in [0.25, 0.3) is 0 Å². The van der Waals surface area contributed by atoms with Crippen molar-refractivity contribution in [3.8, 4) is 5.75 Å². The molecule has 0 unspecified atom stereocenters. The largest absolute Gasteiger partial charge is 0.497 e. The predicted octanol–water partition coefficient (Wildman–Crippen LogP) is 4.10. The monoisotopic (exact) mass is 348 g/mol. The zero-order chi connectivity index (χ0) is 18.5. The molecular weight excluding hydrogens is 328 g/mol. The Hall–Kier alpha value is -3.41. The van der Waals surface area contributed by atoms with Gasteiger partial charge >= 0.3 is 0 Å². The van der Waals surface area contributed by atoms with Crippen LogP contribution in [0.15, 0.2) is 54.9 Å². The molecule has 2 N–H and O–H groups in total. The standard InChI is InChI=1S/C20H20N4O2/c1-13-7-8-16(9-14(13)2)24-20(25)18-11-22-19(12-21-18)23-15-5-4-6-17(10-15)26-3/h4-12H,1-3H3,(H,22,23)(H,24,25). The van der Waals surface area contributed by atoms with E-state index in [1.54, 1.807) is 7.11 Å². The van der Waals surface area contributed by atoms with Gasteiger partial charge in [0.1, 0.15) is 17.3 Å². The van der Waals surface area contributed by atoms with Crippen molar-refractivity contribution in [2.24, 2.45) is 0 Å². The molecule has 0 fully saturated rings. The lowest BCUT2D eigenvalue weighted by atomic mass is 10.1. The Morgan fingerprint density at radius 2 is 1.81 bits per heavy atom. The molecule has 0 spiro atoms. The molecule has 0 aliphatic rings. The van der Waals surface area contributed by atoms with Crippen LogP contribution in [0.2, 0.25) is 0 Å². The Labute approximate surface area is 152 Å². The van der Waals surface area contributed by atoms with Crippen LogP contribution in [0.3, 0.4) is 0 Å². The molecule has 6 nitrogen and oxygen atoms in total. The van der Waals surface area contributed by atoms with Crippen molar-refractivity contribution in [3.05, 3.63) is 71.7 Å². The normalized spacial score (nSPS) is 10.3. The smallest absolute Gasteiger partial charge is 0.275 e. The van der Waals surface area contributed by atoms with Gasteiger partial charge in [-0.25, -0.2) is 9.97 Å². The highest BCUT2D eigenvalue weighted by Crippen LogP contribution is 2.20. The Morgan fingerprint density at radius 3 is 2.50 bits per heavy atom. The molecule has 6 heteroatoms. The number of anilines is 3. The average molecular weight is 348 g/mol. The number of aryl methyl sites for hydroxylation is 2. The fraction of sp³-hybridized carbons (Fsp3) is 0.150. The summed E-state index contributed by atoms with van der Waals surface area (Å²) < 4.78 is 5.19. The van der Waals surface area contributed by atoms with Gasteiger partial charge in [-0.1, -0.05) is 12.1 Å². The molecule has 1 heterocycles. The van der Waals surface area contributed by atoms with Gasteiger partial charge in [0, 0.05) is 17.4 Å². The van der Waals surface area contributed by atoms with Crippen LogP contribution in [0.5, 0.6) is 5.75 Å². The van der Waals surface area contributed by atoms with E-state index in [9.17, 15) is 4.79 Å². The fourth-order valence-corrected chi connectivity index (χ4v) is 2.37. The Balaban J connectivity index is 1.68. The number of hydrogen-bond donors (Lipinski definition) is 2. The van der Waals surface area contributed by atoms with Crippen molar-refractivity contribution >= 4 is 23.1 Å². The molecule has 2 aromatic carbocycles. The third-order valence-corrected chi connectivity index (χ3v) is 3.99. The first-order valence-electron chi connectivity index (χ1n) is 8.17. The van der Waals surface area contributed by atoms with Gasteiger partial charge in [0.05, 0.1) is 19.5 Å². The number of hydrogen-bond acceptors (Lipinski definition) is 5. The summed E-state index contributed by atoms with van der Waals surface area (Å²) in [5, 5.41) is 5.95. The highest BCUT2D eigenvalue weighted by atomic mass is 16.5. The Morgan fingerprint density at radius 1 is 0.962 bits per heavy atom. The van der Waals surface area contributed by atoms with E-state index in [4.69, 9.17) is 4.74 Å². The minimum Gasteiger partial charge on any atom is -0.497 e. The van der Waals surface area contributed by atoms with Crippen LogP contribution in [-0.4, -0.2) is 23.0 Å². The van der Waals surface area contributed by atoms with Crippen LogP contribution in [0, 0.1) is 13.8 Å². The van der Waals surface area contributed by atoms with Gasteiger partial charge < -0.3 is 15.4 Å². The third-order valence-electron chi connectivity index (χ3n) is 3.99. The second-order valence-electron chi connectivity index (χ2n) is 5.90. The van der Waals surface area contributed by atoms with E-state index in [0.29, 0.717) is 5.82 Å². The first-order chi connectivity index (χ1) is 12.5. The third kappa shape index (κ3) is 4.16. The molecule has 26 heavy (non-hydrogen) atoms. The fourth-order valence-electron chi connectivity index (χ4n) is 2.37. The number of nitrogens with one attached hydrogen (secondary N) is 2. The summed E-state index contributed by atoms with van der Waals surface area (Å²) in [6.07, 6.45) is 2.97. The van der Waals surface area contributed by atoms with Crippen molar-refractivity contribution in [1.29, 1.82) is 0 Å². The van der Waals surface area contributed by atoms with Gasteiger partial charge in [-0.3, -0.25) is 4.79 Å². The number of amides is 1. The quantitative estimate of drug-likeness (QED) is 0.726. The van der Waals surface area contributed by atoms with E-state index in [1.807, 2.05) is 56.3 Å². The molecule has 132 valence electrons. The van der Waals surface area contributed by atoms with Gasteiger partial charge in [-0.2, -0.15) is 0 Å². The number of ether oxygens (including phenoxy) is 1. The predicted molar refractivity (Wildman–Crippen MR) is 102 cm³/mol. The van der Waals surface area contributed by atoms with Crippen LogP contribution < -0.4 is 15.4 Å². The van der Waals surface area contributed by atoms with Crippen LogP contribution >= 0.6 is 0 Å². The van der Waals surface area contributed by atoms with Crippen molar-refractivity contribution in [1.82, 2.24) is 9.97 Å². The second kappa shape index (κ2) is 7.65. The lowest BCUT2D eigenvalue weighted by molar-refractivity contribution is 0.102. The SMILES string of the molecule is COc1cccc(Nc2cnc(C(=O)Nc3ccc(C)c(C)c3)cn2)c1. The molecule has 0 aliphatic heterocycles. The highest BCUT2D eigenvalue weighted by Gasteiger charge is 2.09. The molecule has 3 aromatic rings. The van der Waals surface area contributed by atoms with E-state index >= 15 is 0 Å². The molecule has 0 radical (unpaired) electrons. The number of rotatable bonds is 5. The molecule has 0 saturated heterocycles. The summed E-state index contributed by atoms with van der Waals surface area (Å²) in [7, 11) is 1.61. The van der Waals surface area contributed by atoms with Gasteiger partial charge in [0.15, 0.2) is 0 Å². The zero-order valence-corrected chi connectivity index (χ0v) is 14.9. The average Bonchev–Trinajstić information content (AvgIpc) is 2.65. The van der Waals surface area contributed by atoms with E-state index in [1.165, 1.54) is 18.0 Å². The number of methoxy groups -OCH3 is 1. The number of carbonyl (C=O) groups is 1. The number of nitrogens with zero attached hydrogens (tertiary/aromatic N) is 2. The molecular formula is C20H20N4O2. The Bertz CT molecular complexity index is 923. The molecule has 3 rings (SSSR count). The lowest BCUT2D eigenvalue weighted by Crippen LogP contribution is -2.14. The first-order valence-corrected chi connectivity index (χ1v) is 8.17.